The highest BCUT2D eigenvalue weighted by Gasteiger charge is 2.46. The van der Waals surface area contributed by atoms with Gasteiger partial charge >= 0.3 is 0 Å². The van der Waals surface area contributed by atoms with Crippen LogP contribution in [0.4, 0.5) is 11.6 Å². The summed E-state index contributed by atoms with van der Waals surface area (Å²) in [5.41, 5.74) is 2.99. The summed E-state index contributed by atoms with van der Waals surface area (Å²) in [5.74, 6) is 0.406. The van der Waals surface area contributed by atoms with Gasteiger partial charge in [-0.25, -0.2) is 9.97 Å². The van der Waals surface area contributed by atoms with Crippen LogP contribution in [0.15, 0.2) is 30.5 Å². The number of carbonyl (C=O) groups is 1. The molecule has 0 saturated carbocycles. The van der Waals surface area contributed by atoms with E-state index in [0.29, 0.717) is 23.8 Å². The van der Waals surface area contributed by atoms with Crippen molar-refractivity contribution in [1.82, 2.24) is 20.2 Å². The second-order valence-electron chi connectivity index (χ2n) is 7.72. The van der Waals surface area contributed by atoms with Gasteiger partial charge in [0, 0.05) is 30.0 Å². The molecule has 3 atom stereocenters. The van der Waals surface area contributed by atoms with Crippen molar-refractivity contribution in [3.63, 3.8) is 0 Å². The average molecular weight is 385 g/mol. The summed E-state index contributed by atoms with van der Waals surface area (Å²) >= 11 is 0. The fourth-order valence-electron chi connectivity index (χ4n) is 4.84. The first kappa shape index (κ1) is 17.4. The molecule has 8 heteroatoms. The van der Waals surface area contributed by atoms with Gasteiger partial charge in [0.25, 0.3) is 5.91 Å². The van der Waals surface area contributed by atoms with E-state index in [1.54, 1.807) is 12.3 Å². The molecule has 3 aliphatic heterocycles. The minimum absolute atomic E-state index is 0.0350. The number of anilines is 2. The van der Waals surface area contributed by atoms with Crippen molar-refractivity contribution in [2.45, 2.75) is 43.8 Å². The van der Waals surface area contributed by atoms with Crippen LogP contribution in [0.25, 0.3) is 0 Å². The zero-order valence-corrected chi connectivity index (χ0v) is 15.7. The Kier molecular flexibility index (Phi) is 4.06. The van der Waals surface area contributed by atoms with E-state index in [1.165, 1.54) is 0 Å². The molecule has 144 valence electrons. The van der Waals surface area contributed by atoms with E-state index in [2.05, 4.69) is 21.5 Å². The van der Waals surface area contributed by atoms with E-state index in [-0.39, 0.29) is 24.0 Å². The van der Waals surface area contributed by atoms with E-state index in [1.807, 2.05) is 34.1 Å². The number of benzene rings is 1. The Labute approximate surface area is 168 Å². The lowest BCUT2D eigenvalue weighted by Crippen LogP contribution is -2.43. The molecule has 1 N–H and O–H groups in total. The van der Waals surface area contributed by atoms with Crippen LogP contribution in [0.3, 0.4) is 0 Å². The Morgan fingerprint density at radius 1 is 1.24 bits per heavy atom. The topological polar surface area (TPSA) is 109 Å². The first-order valence-corrected chi connectivity index (χ1v) is 9.80. The molecule has 2 saturated heterocycles. The summed E-state index contributed by atoms with van der Waals surface area (Å²) in [6.45, 7) is 0.707. The van der Waals surface area contributed by atoms with Gasteiger partial charge in [-0.05, 0) is 55.5 Å². The van der Waals surface area contributed by atoms with E-state index < -0.39 is 0 Å². The number of fused-ring (bicyclic) bond motifs is 3. The molecule has 0 unspecified atom stereocenters. The van der Waals surface area contributed by atoms with Crippen LogP contribution < -0.4 is 10.2 Å². The Balaban J connectivity index is 1.33. The Morgan fingerprint density at radius 3 is 2.93 bits per heavy atom. The van der Waals surface area contributed by atoms with Gasteiger partial charge < -0.3 is 15.1 Å². The van der Waals surface area contributed by atoms with Crippen LogP contribution in [0, 0.1) is 22.8 Å². The predicted octanol–water partition coefficient (Wildman–Crippen LogP) is 1.86. The monoisotopic (exact) mass is 385 g/mol. The maximum absolute atomic E-state index is 12.8. The van der Waals surface area contributed by atoms with Gasteiger partial charge in [-0.2, -0.15) is 10.5 Å². The van der Waals surface area contributed by atoms with Gasteiger partial charge in [-0.3, -0.25) is 4.79 Å². The molecule has 2 bridgehead atoms. The van der Waals surface area contributed by atoms with Crippen LogP contribution in [0.1, 0.15) is 40.9 Å². The number of aromatic nitrogens is 2. The van der Waals surface area contributed by atoms with Crippen LogP contribution >= 0.6 is 0 Å². The van der Waals surface area contributed by atoms with Crippen molar-refractivity contribution in [3.05, 3.63) is 47.3 Å². The number of amides is 1. The first-order valence-electron chi connectivity index (χ1n) is 9.80. The fourth-order valence-corrected chi connectivity index (χ4v) is 4.84. The van der Waals surface area contributed by atoms with Crippen molar-refractivity contribution >= 4 is 17.5 Å². The molecular weight excluding hydrogens is 366 g/mol. The second-order valence-corrected chi connectivity index (χ2v) is 7.72. The number of nitrogens with zero attached hydrogens (tertiary/aromatic N) is 6. The highest BCUT2D eigenvalue weighted by Crippen LogP contribution is 2.37. The van der Waals surface area contributed by atoms with Gasteiger partial charge in [0.2, 0.25) is 5.95 Å². The highest BCUT2D eigenvalue weighted by molar-refractivity contribution is 5.95. The summed E-state index contributed by atoms with van der Waals surface area (Å²) in [5, 5.41) is 21.5. The SMILES string of the molecule is N#Cc1ccnc(N2CCc3cc(C(=O)N[C@@H]4C[C@@H]5CC[C@H]4N5C#N)ccc32)n1. The third-order valence-corrected chi connectivity index (χ3v) is 6.20. The smallest absolute Gasteiger partial charge is 0.251 e. The van der Waals surface area contributed by atoms with E-state index in [0.717, 1.165) is 36.9 Å². The van der Waals surface area contributed by atoms with Crippen molar-refractivity contribution in [2.24, 2.45) is 0 Å². The normalized spacial score (nSPS) is 24.1. The van der Waals surface area contributed by atoms with E-state index >= 15 is 0 Å². The van der Waals surface area contributed by atoms with Gasteiger partial charge in [0.1, 0.15) is 11.8 Å². The molecule has 2 aromatic rings. The third-order valence-electron chi connectivity index (χ3n) is 6.20. The van der Waals surface area contributed by atoms with Gasteiger partial charge in [0.05, 0.1) is 12.1 Å². The predicted molar refractivity (Wildman–Crippen MR) is 104 cm³/mol. The molecule has 2 fully saturated rings. The molecule has 1 aromatic heterocycles. The minimum Gasteiger partial charge on any atom is -0.347 e. The minimum atomic E-state index is -0.0931. The zero-order valence-electron chi connectivity index (χ0n) is 15.7. The number of hydrogen-bond donors (Lipinski definition) is 1. The molecule has 3 aliphatic rings. The van der Waals surface area contributed by atoms with Crippen molar-refractivity contribution in [2.75, 3.05) is 11.4 Å². The van der Waals surface area contributed by atoms with E-state index in [4.69, 9.17) is 5.26 Å². The molecule has 29 heavy (non-hydrogen) atoms. The fraction of sp³-hybridized carbons (Fsp3) is 0.381. The second kappa shape index (κ2) is 6.75. The standard InChI is InChI=1S/C21H19N7O/c22-11-15-5-7-24-21(25-15)27-8-6-13-9-14(1-3-18(13)27)20(29)26-17-10-16-2-4-19(17)28(16)12-23/h1,3,5,7,9,16-17,19H,2,4,6,8,10H2,(H,26,29)/t16-,17+,19+/m0/s1. The lowest BCUT2D eigenvalue weighted by Gasteiger charge is -2.22. The van der Waals surface area contributed by atoms with Crippen molar-refractivity contribution in [3.8, 4) is 12.3 Å². The molecule has 0 radical (unpaired) electrons. The summed E-state index contributed by atoms with van der Waals surface area (Å²) < 4.78 is 0. The molecule has 0 spiro atoms. The molecule has 1 aromatic carbocycles. The molecule has 0 aliphatic carbocycles. The first-order chi connectivity index (χ1) is 14.2. The Bertz CT molecular complexity index is 1070. The number of hydrogen-bond acceptors (Lipinski definition) is 7. The highest BCUT2D eigenvalue weighted by atomic mass is 16.1. The lowest BCUT2D eigenvalue weighted by atomic mass is 9.95. The van der Waals surface area contributed by atoms with Crippen LogP contribution in [-0.2, 0) is 6.42 Å². The molecule has 1 amide bonds. The summed E-state index contributed by atoms with van der Waals surface area (Å²) in [6.07, 6.45) is 7.49. The molecular formula is C21H19N7O. The van der Waals surface area contributed by atoms with Crippen molar-refractivity contribution in [1.29, 1.82) is 10.5 Å². The number of rotatable bonds is 3. The molecule has 4 heterocycles. The van der Waals surface area contributed by atoms with Gasteiger partial charge in [-0.1, -0.05) is 0 Å². The third kappa shape index (κ3) is 2.85. The number of nitriles is 2. The Hall–Kier alpha value is -3.65. The van der Waals surface area contributed by atoms with E-state index in [9.17, 15) is 10.1 Å². The maximum Gasteiger partial charge on any atom is 0.251 e. The largest absolute Gasteiger partial charge is 0.347 e. The summed E-state index contributed by atoms with van der Waals surface area (Å²) in [7, 11) is 0. The zero-order chi connectivity index (χ0) is 20.0. The lowest BCUT2D eigenvalue weighted by molar-refractivity contribution is 0.0928. The molecule has 8 nitrogen and oxygen atoms in total. The molecule has 5 rings (SSSR count). The summed E-state index contributed by atoms with van der Waals surface area (Å²) in [4.78, 5) is 25.2. The van der Waals surface area contributed by atoms with Gasteiger partial charge in [0.15, 0.2) is 6.19 Å². The van der Waals surface area contributed by atoms with Crippen molar-refractivity contribution < 1.29 is 4.79 Å². The Morgan fingerprint density at radius 2 is 2.14 bits per heavy atom. The summed E-state index contributed by atoms with van der Waals surface area (Å²) in [6, 6.07) is 9.71. The van der Waals surface area contributed by atoms with Crippen LogP contribution in [0.5, 0.6) is 0 Å². The van der Waals surface area contributed by atoms with Crippen LogP contribution in [-0.4, -0.2) is 45.4 Å². The number of nitrogens with one attached hydrogen (secondary N) is 1. The van der Waals surface area contributed by atoms with Gasteiger partial charge in [-0.15, -0.1) is 0 Å². The average Bonchev–Trinajstić information content (AvgIpc) is 3.45. The quantitative estimate of drug-likeness (QED) is 0.803. The number of carbonyl (C=O) groups excluding carboxylic acids is 1. The van der Waals surface area contributed by atoms with Crippen LogP contribution in [0.2, 0.25) is 0 Å². The maximum atomic E-state index is 12.8.